The number of nitrogens with zero attached hydrogens (tertiary/aromatic N) is 2. The molecule has 2 aliphatic heterocycles. The van der Waals surface area contributed by atoms with Crippen LogP contribution in [-0.4, -0.2) is 57.8 Å². The van der Waals surface area contributed by atoms with Crippen molar-refractivity contribution in [3.05, 3.63) is 0 Å². The van der Waals surface area contributed by atoms with E-state index in [9.17, 15) is 0 Å². The van der Waals surface area contributed by atoms with Gasteiger partial charge in [-0.2, -0.15) is 0 Å². The molecule has 0 saturated carbocycles. The van der Waals surface area contributed by atoms with Crippen LogP contribution in [0.3, 0.4) is 0 Å². The number of hydrogen-bond donors (Lipinski definition) is 0. The topological polar surface area (TPSA) is 34.1 Å². The van der Waals surface area contributed by atoms with Gasteiger partial charge in [-0.1, -0.05) is 6.92 Å². The number of aliphatic imine (C=N–C) groups is 1. The van der Waals surface area contributed by atoms with Crippen molar-refractivity contribution in [1.82, 2.24) is 4.90 Å². The maximum atomic E-state index is 5.71. The molecule has 2 atom stereocenters. The molecule has 2 heterocycles. The van der Waals surface area contributed by atoms with Crippen LogP contribution in [0.25, 0.3) is 0 Å². The molecule has 0 bridgehead atoms. The van der Waals surface area contributed by atoms with Gasteiger partial charge in [0.1, 0.15) is 6.61 Å². The van der Waals surface area contributed by atoms with Crippen LogP contribution < -0.4 is 0 Å². The molecule has 0 unspecified atom stereocenters. The largest absolute Gasteiger partial charge is 0.479 e. The molecule has 0 aromatic rings. The van der Waals surface area contributed by atoms with Crippen molar-refractivity contribution in [3.63, 3.8) is 0 Å². The molecule has 17 heavy (non-hydrogen) atoms. The first-order chi connectivity index (χ1) is 8.22. The van der Waals surface area contributed by atoms with Crippen LogP contribution in [0.2, 0.25) is 0 Å². The SMILES string of the molecule is CC[C@@]1(COC)CN(C)CC[C@@H]1C1=NCCO1. The highest BCUT2D eigenvalue weighted by Crippen LogP contribution is 2.40. The van der Waals surface area contributed by atoms with Crippen LogP contribution in [0.1, 0.15) is 19.8 Å². The number of methoxy groups -OCH3 is 1. The highest BCUT2D eigenvalue weighted by molar-refractivity contribution is 5.81. The number of ether oxygens (including phenoxy) is 2. The minimum Gasteiger partial charge on any atom is -0.479 e. The quantitative estimate of drug-likeness (QED) is 0.745. The van der Waals surface area contributed by atoms with Crippen molar-refractivity contribution < 1.29 is 9.47 Å². The van der Waals surface area contributed by atoms with Crippen LogP contribution in [0.5, 0.6) is 0 Å². The van der Waals surface area contributed by atoms with Gasteiger partial charge >= 0.3 is 0 Å². The zero-order valence-electron chi connectivity index (χ0n) is 11.2. The Morgan fingerprint density at radius 2 is 2.41 bits per heavy atom. The monoisotopic (exact) mass is 240 g/mol. The van der Waals surface area contributed by atoms with Gasteiger partial charge in [0.05, 0.1) is 13.2 Å². The van der Waals surface area contributed by atoms with Gasteiger partial charge in [0.2, 0.25) is 0 Å². The summed E-state index contributed by atoms with van der Waals surface area (Å²) in [4.78, 5) is 6.93. The lowest BCUT2D eigenvalue weighted by Gasteiger charge is -2.46. The lowest BCUT2D eigenvalue weighted by molar-refractivity contribution is -0.0111. The first-order valence-corrected chi connectivity index (χ1v) is 6.56. The van der Waals surface area contributed by atoms with Crippen LogP contribution in [0, 0.1) is 11.3 Å². The molecule has 4 nitrogen and oxygen atoms in total. The fourth-order valence-corrected chi connectivity index (χ4v) is 3.22. The minimum atomic E-state index is 0.172. The van der Waals surface area contributed by atoms with E-state index < -0.39 is 0 Å². The molecule has 0 aromatic heterocycles. The van der Waals surface area contributed by atoms with Gasteiger partial charge < -0.3 is 14.4 Å². The molecular formula is C13H24N2O2. The van der Waals surface area contributed by atoms with E-state index >= 15 is 0 Å². The van der Waals surface area contributed by atoms with Crippen LogP contribution in [0.15, 0.2) is 4.99 Å². The summed E-state index contributed by atoms with van der Waals surface area (Å²) in [7, 11) is 3.98. The van der Waals surface area contributed by atoms with Gasteiger partial charge in [-0.05, 0) is 26.4 Å². The molecule has 0 aliphatic carbocycles. The lowest BCUT2D eigenvalue weighted by atomic mass is 9.69. The van der Waals surface area contributed by atoms with Gasteiger partial charge in [0.25, 0.3) is 0 Å². The van der Waals surface area contributed by atoms with Crippen molar-refractivity contribution in [1.29, 1.82) is 0 Å². The van der Waals surface area contributed by atoms with E-state index in [1.165, 1.54) is 0 Å². The molecule has 0 radical (unpaired) electrons. The minimum absolute atomic E-state index is 0.172. The van der Waals surface area contributed by atoms with Crippen molar-refractivity contribution in [3.8, 4) is 0 Å². The third-order valence-corrected chi connectivity index (χ3v) is 4.17. The van der Waals surface area contributed by atoms with Crippen LogP contribution >= 0.6 is 0 Å². The lowest BCUT2D eigenvalue weighted by Crippen LogP contribution is -2.52. The predicted molar refractivity (Wildman–Crippen MR) is 68.5 cm³/mol. The zero-order chi connectivity index (χ0) is 12.3. The summed E-state index contributed by atoms with van der Waals surface area (Å²) in [6, 6.07) is 0. The second-order valence-corrected chi connectivity index (χ2v) is 5.30. The maximum Gasteiger partial charge on any atom is 0.187 e. The van der Waals surface area contributed by atoms with Crippen LogP contribution in [-0.2, 0) is 9.47 Å². The fraction of sp³-hybridized carbons (Fsp3) is 0.923. The Labute approximate surface area is 104 Å². The number of rotatable bonds is 4. The van der Waals surface area contributed by atoms with Crippen molar-refractivity contribution in [2.75, 3.05) is 47.0 Å². The molecule has 2 aliphatic rings. The van der Waals surface area contributed by atoms with Crippen molar-refractivity contribution >= 4 is 5.90 Å². The van der Waals surface area contributed by atoms with Gasteiger partial charge in [-0.15, -0.1) is 0 Å². The average molecular weight is 240 g/mol. The number of piperidine rings is 1. The third-order valence-electron chi connectivity index (χ3n) is 4.17. The van der Waals surface area contributed by atoms with E-state index in [1.807, 2.05) is 0 Å². The number of likely N-dealkylation sites (tertiary alicyclic amines) is 1. The molecule has 0 spiro atoms. The van der Waals surface area contributed by atoms with Gasteiger partial charge in [0, 0.05) is 25.0 Å². The third kappa shape index (κ3) is 2.47. The highest BCUT2D eigenvalue weighted by atomic mass is 16.5. The molecule has 1 fully saturated rings. The standard InChI is InChI=1S/C13H24N2O2/c1-4-13(10-16-3)9-15(2)7-5-11(13)12-14-6-8-17-12/h11H,4-10H2,1-3H3/t11-,13+/m1/s1. The molecule has 2 rings (SSSR count). The highest BCUT2D eigenvalue weighted by Gasteiger charge is 2.45. The summed E-state index contributed by atoms with van der Waals surface area (Å²) in [5.41, 5.74) is 0.172. The normalized spacial score (nSPS) is 34.5. The average Bonchev–Trinajstić information content (AvgIpc) is 2.83. The first-order valence-electron chi connectivity index (χ1n) is 6.56. The smallest absolute Gasteiger partial charge is 0.187 e. The Kier molecular flexibility index (Phi) is 4.05. The molecule has 0 aromatic carbocycles. The molecule has 0 amide bonds. The Hall–Kier alpha value is -0.610. The second kappa shape index (κ2) is 5.36. The van der Waals surface area contributed by atoms with Gasteiger partial charge in [0.15, 0.2) is 5.90 Å². The van der Waals surface area contributed by atoms with E-state index in [1.54, 1.807) is 7.11 Å². The maximum absolute atomic E-state index is 5.71. The summed E-state index contributed by atoms with van der Waals surface area (Å²) < 4.78 is 11.2. The van der Waals surface area contributed by atoms with Gasteiger partial charge in [-0.25, -0.2) is 0 Å². The second-order valence-electron chi connectivity index (χ2n) is 5.30. The van der Waals surface area contributed by atoms with Gasteiger partial charge in [-0.3, -0.25) is 4.99 Å². The number of hydrogen-bond acceptors (Lipinski definition) is 4. The summed E-state index contributed by atoms with van der Waals surface area (Å²) >= 11 is 0. The summed E-state index contributed by atoms with van der Waals surface area (Å²) in [6.45, 7) is 6.83. The first kappa shape index (κ1) is 12.8. The Bertz CT molecular complexity index is 293. The van der Waals surface area contributed by atoms with E-state index in [-0.39, 0.29) is 5.41 Å². The molecular weight excluding hydrogens is 216 g/mol. The fourth-order valence-electron chi connectivity index (χ4n) is 3.22. The Morgan fingerprint density at radius 3 is 3.00 bits per heavy atom. The zero-order valence-corrected chi connectivity index (χ0v) is 11.2. The summed E-state index contributed by atoms with van der Waals surface area (Å²) in [5, 5.41) is 0. The summed E-state index contributed by atoms with van der Waals surface area (Å²) in [6.07, 6.45) is 2.24. The Balaban J connectivity index is 2.20. The Morgan fingerprint density at radius 1 is 1.59 bits per heavy atom. The van der Waals surface area contributed by atoms with E-state index in [4.69, 9.17) is 9.47 Å². The molecule has 98 valence electrons. The van der Waals surface area contributed by atoms with Crippen LogP contribution in [0.4, 0.5) is 0 Å². The predicted octanol–water partition coefficient (Wildman–Crippen LogP) is 1.41. The van der Waals surface area contributed by atoms with E-state index in [0.29, 0.717) is 5.92 Å². The van der Waals surface area contributed by atoms with Crippen molar-refractivity contribution in [2.45, 2.75) is 19.8 Å². The molecule has 0 N–H and O–H groups in total. The summed E-state index contributed by atoms with van der Waals surface area (Å²) in [5.74, 6) is 1.42. The van der Waals surface area contributed by atoms with E-state index in [0.717, 1.165) is 51.6 Å². The van der Waals surface area contributed by atoms with Crippen molar-refractivity contribution in [2.24, 2.45) is 16.3 Å². The molecule has 4 heteroatoms. The molecule has 1 saturated heterocycles. The van der Waals surface area contributed by atoms with E-state index in [2.05, 4.69) is 23.9 Å².